The lowest BCUT2D eigenvalue weighted by Crippen LogP contribution is -2.44. The Morgan fingerprint density at radius 3 is 2.38 bits per heavy atom. The molecule has 2 aromatic carbocycles. The molecule has 0 amide bonds. The Kier molecular flexibility index (Phi) is 6.89. The summed E-state index contributed by atoms with van der Waals surface area (Å²) in [6.45, 7) is 5.69. The number of alkyl halides is 3. The number of hydrogen-bond acceptors (Lipinski definition) is 3. The fourth-order valence-corrected chi connectivity index (χ4v) is 4.98. The summed E-state index contributed by atoms with van der Waals surface area (Å²) in [5.41, 5.74) is 2.06. The van der Waals surface area contributed by atoms with E-state index in [-0.39, 0.29) is 17.8 Å². The Hall–Kier alpha value is -2.34. The van der Waals surface area contributed by atoms with Crippen LogP contribution in [0, 0.1) is 6.92 Å². The van der Waals surface area contributed by atoms with E-state index in [0.717, 1.165) is 56.2 Å². The Balaban J connectivity index is 1.49. The van der Waals surface area contributed by atoms with Crippen LogP contribution in [0.25, 0.3) is 0 Å². The SMILES string of the molecule is Cc1cccc(CCC(=O)c2cc(N3CCC(N4CCCC4)CC3)cc(C(F)(F)F)c2)c1. The molecule has 172 valence electrons. The molecular weight excluding hydrogens is 413 g/mol. The van der Waals surface area contributed by atoms with E-state index in [0.29, 0.717) is 18.2 Å². The minimum Gasteiger partial charge on any atom is -0.371 e. The number of aryl methyl sites for hydroxylation is 2. The van der Waals surface area contributed by atoms with Crippen LogP contribution in [0.3, 0.4) is 0 Å². The van der Waals surface area contributed by atoms with Crippen LogP contribution in [-0.2, 0) is 12.6 Å². The highest BCUT2D eigenvalue weighted by Crippen LogP contribution is 2.34. The van der Waals surface area contributed by atoms with Crippen molar-refractivity contribution in [1.29, 1.82) is 0 Å². The average Bonchev–Trinajstić information content (AvgIpc) is 3.32. The zero-order valence-corrected chi connectivity index (χ0v) is 18.6. The Morgan fingerprint density at radius 2 is 1.72 bits per heavy atom. The van der Waals surface area contributed by atoms with Crippen LogP contribution >= 0.6 is 0 Å². The van der Waals surface area contributed by atoms with Crippen molar-refractivity contribution in [3.8, 4) is 0 Å². The third kappa shape index (κ3) is 5.52. The first-order valence-corrected chi connectivity index (χ1v) is 11.6. The summed E-state index contributed by atoms with van der Waals surface area (Å²) in [6, 6.07) is 12.3. The van der Waals surface area contributed by atoms with E-state index in [1.807, 2.05) is 36.1 Å². The monoisotopic (exact) mass is 444 g/mol. The zero-order chi connectivity index (χ0) is 22.7. The number of halogens is 3. The quantitative estimate of drug-likeness (QED) is 0.519. The lowest BCUT2D eigenvalue weighted by atomic mass is 9.98. The summed E-state index contributed by atoms with van der Waals surface area (Å²) in [5.74, 6) is -0.245. The molecule has 4 rings (SSSR count). The van der Waals surface area contributed by atoms with Gasteiger partial charge in [-0.15, -0.1) is 0 Å². The lowest BCUT2D eigenvalue weighted by molar-refractivity contribution is -0.137. The van der Waals surface area contributed by atoms with Crippen LogP contribution in [0.2, 0.25) is 0 Å². The molecule has 0 N–H and O–H groups in total. The number of piperidine rings is 1. The number of ketones is 1. The number of carbonyl (C=O) groups is 1. The van der Waals surface area contributed by atoms with Gasteiger partial charge in [0.2, 0.25) is 0 Å². The molecule has 2 saturated heterocycles. The molecule has 0 spiro atoms. The lowest BCUT2D eigenvalue weighted by Gasteiger charge is -2.38. The van der Waals surface area contributed by atoms with Crippen molar-refractivity contribution in [1.82, 2.24) is 4.90 Å². The number of likely N-dealkylation sites (tertiary alicyclic amines) is 1. The minimum atomic E-state index is -4.48. The minimum absolute atomic E-state index is 0.157. The molecule has 0 unspecified atom stereocenters. The van der Waals surface area contributed by atoms with E-state index >= 15 is 0 Å². The van der Waals surface area contributed by atoms with Gasteiger partial charge >= 0.3 is 6.18 Å². The number of nitrogens with zero attached hydrogens (tertiary/aromatic N) is 2. The summed E-state index contributed by atoms with van der Waals surface area (Å²) in [7, 11) is 0. The van der Waals surface area contributed by atoms with Gasteiger partial charge in [-0.3, -0.25) is 4.79 Å². The van der Waals surface area contributed by atoms with E-state index in [4.69, 9.17) is 0 Å². The third-order valence-electron chi connectivity index (χ3n) is 6.78. The summed E-state index contributed by atoms with van der Waals surface area (Å²) in [4.78, 5) is 17.4. The Morgan fingerprint density at radius 1 is 1.00 bits per heavy atom. The van der Waals surface area contributed by atoms with Gasteiger partial charge in [-0.05, 0) is 75.9 Å². The second-order valence-electron chi connectivity index (χ2n) is 9.14. The maximum Gasteiger partial charge on any atom is 0.416 e. The fourth-order valence-electron chi connectivity index (χ4n) is 4.98. The standard InChI is InChI=1S/C26H31F3N2O/c1-19-5-4-6-20(15-19)7-8-25(32)21-16-22(26(27,28)29)18-24(17-21)31-13-9-23(10-14-31)30-11-2-3-12-30/h4-6,15-18,23H,2-3,7-14H2,1H3. The van der Waals surface area contributed by atoms with Crippen LogP contribution in [0.1, 0.15) is 59.2 Å². The summed E-state index contributed by atoms with van der Waals surface area (Å²) >= 11 is 0. The van der Waals surface area contributed by atoms with Gasteiger partial charge in [-0.25, -0.2) is 0 Å². The van der Waals surface area contributed by atoms with Crippen molar-refractivity contribution < 1.29 is 18.0 Å². The maximum atomic E-state index is 13.6. The Labute approximate surface area is 188 Å². The van der Waals surface area contributed by atoms with Gasteiger partial charge in [0.05, 0.1) is 5.56 Å². The molecular formula is C26H31F3N2O. The van der Waals surface area contributed by atoms with E-state index < -0.39 is 11.7 Å². The van der Waals surface area contributed by atoms with E-state index in [1.54, 1.807) is 6.07 Å². The van der Waals surface area contributed by atoms with Crippen LogP contribution in [-0.4, -0.2) is 42.9 Å². The van der Waals surface area contributed by atoms with Crippen molar-refractivity contribution in [2.24, 2.45) is 0 Å². The highest BCUT2D eigenvalue weighted by Gasteiger charge is 2.33. The molecule has 2 heterocycles. The summed E-state index contributed by atoms with van der Waals surface area (Å²) in [6.07, 6.45) is 0.619. The number of anilines is 1. The number of rotatable bonds is 6. The molecule has 0 aliphatic carbocycles. The molecule has 0 saturated carbocycles. The van der Waals surface area contributed by atoms with Gasteiger partial charge in [-0.1, -0.05) is 29.8 Å². The zero-order valence-electron chi connectivity index (χ0n) is 18.6. The first-order chi connectivity index (χ1) is 15.3. The molecule has 2 fully saturated rings. The molecule has 0 atom stereocenters. The normalized spacial score (nSPS) is 18.3. The van der Waals surface area contributed by atoms with Crippen molar-refractivity contribution >= 4 is 11.5 Å². The number of benzene rings is 2. The van der Waals surface area contributed by atoms with Crippen molar-refractivity contribution in [3.63, 3.8) is 0 Å². The van der Waals surface area contributed by atoms with Gasteiger partial charge < -0.3 is 9.80 Å². The number of Topliss-reactive ketones (excluding diaryl/α,β-unsaturated/α-hetero) is 1. The molecule has 3 nitrogen and oxygen atoms in total. The van der Waals surface area contributed by atoms with Crippen LogP contribution in [0.15, 0.2) is 42.5 Å². The number of hydrogen-bond donors (Lipinski definition) is 0. The second-order valence-corrected chi connectivity index (χ2v) is 9.14. The molecule has 0 aromatic heterocycles. The van der Waals surface area contributed by atoms with E-state index in [1.165, 1.54) is 18.9 Å². The topological polar surface area (TPSA) is 23.6 Å². The molecule has 0 bridgehead atoms. The summed E-state index contributed by atoms with van der Waals surface area (Å²) < 4.78 is 40.8. The smallest absolute Gasteiger partial charge is 0.371 e. The first kappa shape index (κ1) is 22.8. The van der Waals surface area contributed by atoms with E-state index in [9.17, 15) is 18.0 Å². The van der Waals surface area contributed by atoms with Crippen molar-refractivity contribution in [2.45, 2.75) is 57.7 Å². The molecule has 2 aliphatic rings. The van der Waals surface area contributed by atoms with Gasteiger partial charge in [0, 0.05) is 36.8 Å². The predicted molar refractivity (Wildman–Crippen MR) is 121 cm³/mol. The summed E-state index contributed by atoms with van der Waals surface area (Å²) in [5, 5.41) is 0. The van der Waals surface area contributed by atoms with Gasteiger partial charge in [0.1, 0.15) is 0 Å². The largest absolute Gasteiger partial charge is 0.416 e. The van der Waals surface area contributed by atoms with Crippen LogP contribution in [0.5, 0.6) is 0 Å². The predicted octanol–water partition coefficient (Wildman–Crippen LogP) is 5.89. The van der Waals surface area contributed by atoms with Gasteiger partial charge in [0.25, 0.3) is 0 Å². The second kappa shape index (κ2) is 9.65. The van der Waals surface area contributed by atoms with Crippen LogP contribution < -0.4 is 4.90 Å². The fraction of sp³-hybridized carbons (Fsp3) is 0.500. The molecule has 2 aromatic rings. The van der Waals surface area contributed by atoms with Crippen molar-refractivity contribution in [3.05, 3.63) is 64.7 Å². The molecule has 32 heavy (non-hydrogen) atoms. The first-order valence-electron chi connectivity index (χ1n) is 11.6. The maximum absolute atomic E-state index is 13.6. The number of carbonyl (C=O) groups excluding carboxylic acids is 1. The molecule has 2 aliphatic heterocycles. The Bertz CT molecular complexity index is 942. The molecule has 0 radical (unpaired) electrons. The molecule has 6 heteroatoms. The third-order valence-corrected chi connectivity index (χ3v) is 6.78. The average molecular weight is 445 g/mol. The highest BCUT2D eigenvalue weighted by molar-refractivity contribution is 5.97. The van der Waals surface area contributed by atoms with Crippen molar-refractivity contribution in [2.75, 3.05) is 31.1 Å². The van der Waals surface area contributed by atoms with Gasteiger partial charge in [-0.2, -0.15) is 13.2 Å². The highest BCUT2D eigenvalue weighted by atomic mass is 19.4. The van der Waals surface area contributed by atoms with Gasteiger partial charge in [0.15, 0.2) is 5.78 Å². The van der Waals surface area contributed by atoms with Crippen LogP contribution in [0.4, 0.5) is 18.9 Å². The van der Waals surface area contributed by atoms with E-state index in [2.05, 4.69) is 4.90 Å².